The molecule has 0 saturated carbocycles. The summed E-state index contributed by atoms with van der Waals surface area (Å²) in [5, 5.41) is 9.20. The van der Waals surface area contributed by atoms with E-state index in [9.17, 15) is 24.3 Å². The van der Waals surface area contributed by atoms with Gasteiger partial charge in [0.1, 0.15) is 11.8 Å². The molecule has 0 aliphatic carbocycles. The molecule has 0 aromatic heterocycles. The van der Waals surface area contributed by atoms with Crippen LogP contribution in [-0.2, 0) is 9.59 Å². The Morgan fingerprint density at radius 1 is 1.15 bits per heavy atom. The summed E-state index contributed by atoms with van der Waals surface area (Å²) in [5.74, 6) is -2.73. The maximum atomic E-state index is 12.2. The van der Waals surface area contributed by atoms with Crippen LogP contribution < -0.4 is 0 Å². The summed E-state index contributed by atoms with van der Waals surface area (Å²) in [5.41, 5.74) is 0.401. The quantitative estimate of drug-likeness (QED) is 0.812. The smallest absolute Gasteiger partial charge is 0.326 e. The van der Waals surface area contributed by atoms with Gasteiger partial charge in [0.15, 0.2) is 0 Å². The number of nitrogens with zero attached hydrogens (tertiary/aromatic N) is 1. The van der Waals surface area contributed by atoms with E-state index >= 15 is 0 Å². The second-order valence-electron chi connectivity index (χ2n) is 4.62. The van der Waals surface area contributed by atoms with Crippen molar-refractivity contribution in [2.24, 2.45) is 0 Å². The lowest BCUT2D eigenvalue weighted by Crippen LogP contribution is -2.45. The van der Waals surface area contributed by atoms with Gasteiger partial charge in [-0.05, 0) is 25.5 Å². The summed E-state index contributed by atoms with van der Waals surface area (Å²) in [6.07, 6.45) is -0.0689. The number of carbonyl (C=O) groups is 4. The average Bonchev–Trinajstić information content (AvgIpc) is 2.64. The maximum absolute atomic E-state index is 12.2. The molecule has 1 aromatic rings. The number of hydrogen-bond donors (Lipinski definition) is 1. The van der Waals surface area contributed by atoms with Crippen LogP contribution in [0.25, 0.3) is 0 Å². The molecule has 0 fully saturated rings. The molecular weight excluding hydrogens is 262 g/mol. The molecule has 1 atom stereocenters. The summed E-state index contributed by atoms with van der Waals surface area (Å²) in [4.78, 5) is 47.3. The SMILES string of the molecule is CC(=O)CCC(C(=O)O)N1C(=O)c2ccccc2C1=O. The lowest BCUT2D eigenvalue weighted by molar-refractivity contribution is -0.141. The number of Topliss-reactive ketones (excluding diaryl/α,β-unsaturated/α-hetero) is 1. The largest absolute Gasteiger partial charge is 0.480 e. The van der Waals surface area contributed by atoms with E-state index in [1.807, 2.05) is 0 Å². The second kappa shape index (κ2) is 5.24. The maximum Gasteiger partial charge on any atom is 0.326 e. The number of fused-ring (bicyclic) bond motifs is 1. The lowest BCUT2D eigenvalue weighted by Gasteiger charge is -2.21. The van der Waals surface area contributed by atoms with Crippen molar-refractivity contribution in [3.63, 3.8) is 0 Å². The van der Waals surface area contributed by atoms with Gasteiger partial charge in [-0.15, -0.1) is 0 Å². The molecule has 1 heterocycles. The molecule has 104 valence electrons. The first-order valence-corrected chi connectivity index (χ1v) is 6.12. The first-order valence-electron chi connectivity index (χ1n) is 6.12. The van der Waals surface area contributed by atoms with Gasteiger partial charge >= 0.3 is 5.97 Å². The zero-order valence-corrected chi connectivity index (χ0v) is 10.8. The molecule has 1 aliphatic heterocycles. The number of carboxylic acids is 1. The van der Waals surface area contributed by atoms with Gasteiger partial charge in [-0.25, -0.2) is 4.79 Å². The number of carbonyl (C=O) groups excluding carboxylic acids is 3. The van der Waals surface area contributed by atoms with Crippen molar-refractivity contribution in [3.8, 4) is 0 Å². The third-order valence-corrected chi connectivity index (χ3v) is 3.19. The number of benzene rings is 1. The lowest BCUT2D eigenvalue weighted by atomic mass is 10.1. The van der Waals surface area contributed by atoms with E-state index in [4.69, 9.17) is 0 Å². The summed E-state index contributed by atoms with van der Waals surface area (Å²) in [6.45, 7) is 1.33. The van der Waals surface area contributed by atoms with Crippen molar-refractivity contribution in [1.82, 2.24) is 4.90 Å². The fourth-order valence-corrected chi connectivity index (χ4v) is 2.19. The summed E-state index contributed by atoms with van der Waals surface area (Å²) in [6, 6.07) is 4.88. The molecule has 0 spiro atoms. The molecule has 2 amide bonds. The van der Waals surface area contributed by atoms with Gasteiger partial charge in [-0.3, -0.25) is 14.5 Å². The molecule has 1 unspecified atom stereocenters. The van der Waals surface area contributed by atoms with Crippen LogP contribution in [0.4, 0.5) is 0 Å². The van der Waals surface area contributed by atoms with E-state index in [2.05, 4.69) is 0 Å². The number of ketones is 1. The fourth-order valence-electron chi connectivity index (χ4n) is 2.19. The first kappa shape index (κ1) is 13.9. The van der Waals surface area contributed by atoms with Crippen LogP contribution in [0.1, 0.15) is 40.5 Å². The molecule has 1 aromatic carbocycles. The fraction of sp³-hybridized carbons (Fsp3) is 0.286. The Kier molecular flexibility index (Phi) is 3.65. The minimum Gasteiger partial charge on any atom is -0.480 e. The van der Waals surface area contributed by atoms with E-state index in [-0.39, 0.29) is 29.8 Å². The van der Waals surface area contributed by atoms with Crippen LogP contribution in [0.15, 0.2) is 24.3 Å². The summed E-state index contributed by atoms with van der Waals surface area (Å²) >= 11 is 0. The molecule has 0 radical (unpaired) electrons. The number of hydrogen-bond acceptors (Lipinski definition) is 4. The van der Waals surface area contributed by atoms with E-state index < -0.39 is 23.8 Å². The number of carboxylic acid groups (broad SMARTS) is 1. The third kappa shape index (κ3) is 2.32. The Bertz CT molecular complexity index is 572. The van der Waals surface area contributed by atoms with Gasteiger partial charge in [0.05, 0.1) is 11.1 Å². The number of aliphatic carboxylic acids is 1. The van der Waals surface area contributed by atoms with Gasteiger partial charge in [0, 0.05) is 6.42 Å². The van der Waals surface area contributed by atoms with Crippen LogP contribution in [0, 0.1) is 0 Å². The Morgan fingerprint density at radius 3 is 2.05 bits per heavy atom. The van der Waals surface area contributed by atoms with Gasteiger partial charge in [-0.2, -0.15) is 0 Å². The molecule has 1 N–H and O–H groups in total. The second-order valence-corrected chi connectivity index (χ2v) is 4.62. The predicted molar refractivity (Wildman–Crippen MR) is 68.3 cm³/mol. The van der Waals surface area contributed by atoms with Crippen LogP contribution in [0.3, 0.4) is 0 Å². The van der Waals surface area contributed by atoms with Crippen molar-refractivity contribution >= 4 is 23.6 Å². The monoisotopic (exact) mass is 275 g/mol. The molecule has 0 saturated heterocycles. The van der Waals surface area contributed by atoms with E-state index in [1.165, 1.54) is 19.1 Å². The standard InChI is InChI=1S/C14H13NO5/c1-8(16)6-7-11(14(19)20)15-12(17)9-4-2-3-5-10(9)13(15)18/h2-5,11H,6-7H2,1H3,(H,19,20). The predicted octanol–water partition coefficient (Wildman–Crippen LogP) is 1.11. The average molecular weight is 275 g/mol. The van der Waals surface area contributed by atoms with E-state index in [0.29, 0.717) is 0 Å². The van der Waals surface area contributed by atoms with Crippen molar-refractivity contribution in [2.75, 3.05) is 0 Å². The number of amides is 2. The molecule has 6 nitrogen and oxygen atoms in total. The highest BCUT2D eigenvalue weighted by atomic mass is 16.4. The van der Waals surface area contributed by atoms with E-state index in [0.717, 1.165) is 4.90 Å². The Hall–Kier alpha value is -2.50. The number of imide groups is 1. The molecule has 20 heavy (non-hydrogen) atoms. The van der Waals surface area contributed by atoms with Crippen LogP contribution in [0.2, 0.25) is 0 Å². The van der Waals surface area contributed by atoms with Gasteiger partial charge in [0.2, 0.25) is 0 Å². The van der Waals surface area contributed by atoms with Crippen LogP contribution in [-0.4, -0.2) is 39.6 Å². The Balaban J connectivity index is 2.32. The zero-order valence-electron chi connectivity index (χ0n) is 10.8. The van der Waals surface area contributed by atoms with Gasteiger partial charge in [0.25, 0.3) is 11.8 Å². The highest BCUT2D eigenvalue weighted by Gasteiger charge is 2.42. The zero-order chi connectivity index (χ0) is 14.9. The molecule has 1 aliphatic rings. The van der Waals surface area contributed by atoms with Gasteiger partial charge < -0.3 is 9.90 Å². The minimum atomic E-state index is -1.31. The van der Waals surface area contributed by atoms with Crippen LogP contribution in [0.5, 0.6) is 0 Å². The molecule has 2 rings (SSSR count). The molecular formula is C14H13NO5. The van der Waals surface area contributed by atoms with Gasteiger partial charge in [-0.1, -0.05) is 12.1 Å². The van der Waals surface area contributed by atoms with E-state index in [1.54, 1.807) is 12.1 Å². The third-order valence-electron chi connectivity index (χ3n) is 3.19. The van der Waals surface area contributed by atoms with Crippen molar-refractivity contribution in [2.45, 2.75) is 25.8 Å². The highest BCUT2D eigenvalue weighted by Crippen LogP contribution is 2.26. The molecule has 0 bridgehead atoms. The topological polar surface area (TPSA) is 91.8 Å². The van der Waals surface area contributed by atoms with Crippen molar-refractivity contribution < 1.29 is 24.3 Å². The van der Waals surface area contributed by atoms with Crippen molar-refractivity contribution in [3.05, 3.63) is 35.4 Å². The number of rotatable bonds is 5. The summed E-state index contributed by atoms with van der Waals surface area (Å²) in [7, 11) is 0. The first-order chi connectivity index (χ1) is 9.43. The Labute approximate surface area is 115 Å². The van der Waals surface area contributed by atoms with Crippen LogP contribution >= 0.6 is 0 Å². The minimum absolute atomic E-state index is 0.00434. The summed E-state index contributed by atoms with van der Waals surface area (Å²) < 4.78 is 0. The Morgan fingerprint density at radius 2 is 1.65 bits per heavy atom. The van der Waals surface area contributed by atoms with Crippen molar-refractivity contribution in [1.29, 1.82) is 0 Å². The highest BCUT2D eigenvalue weighted by molar-refractivity contribution is 6.22. The normalized spacial score (nSPS) is 15.2. The molecule has 6 heteroatoms.